The maximum Gasteiger partial charge on any atom is 0.0594 e. The van der Waals surface area contributed by atoms with Crippen molar-refractivity contribution in [2.45, 2.75) is 38.3 Å². The summed E-state index contributed by atoms with van der Waals surface area (Å²) in [5.41, 5.74) is 9.23. The summed E-state index contributed by atoms with van der Waals surface area (Å²) in [6, 6.07) is 7.31. The van der Waals surface area contributed by atoms with E-state index >= 15 is 0 Å². The lowest BCUT2D eigenvalue weighted by molar-refractivity contribution is 0.0161. The van der Waals surface area contributed by atoms with Crippen molar-refractivity contribution in [1.29, 1.82) is 0 Å². The van der Waals surface area contributed by atoms with E-state index in [2.05, 4.69) is 23.2 Å². The highest BCUT2D eigenvalue weighted by molar-refractivity contribution is 5.63. The molecule has 2 atom stereocenters. The first kappa shape index (κ1) is 13.7. The maximum absolute atomic E-state index is 6.01. The molecule has 1 aromatic carbocycles. The average molecular weight is 275 g/mol. The lowest BCUT2D eigenvalue weighted by atomic mass is 10.1. The lowest BCUT2D eigenvalue weighted by Crippen LogP contribution is -2.48. The first-order chi connectivity index (χ1) is 9.75. The molecule has 1 saturated heterocycles. The molecular weight excluding hydrogens is 250 g/mol. The van der Waals surface area contributed by atoms with Crippen LogP contribution in [-0.4, -0.2) is 43.3 Å². The molecule has 2 aliphatic rings. The Morgan fingerprint density at radius 2 is 2.05 bits per heavy atom. The number of anilines is 2. The summed E-state index contributed by atoms with van der Waals surface area (Å²) < 4.78 is 5.47. The van der Waals surface area contributed by atoms with Crippen LogP contribution in [0.4, 0.5) is 11.4 Å². The fraction of sp³-hybridized carbons (Fsp3) is 0.625. The molecule has 1 aromatic rings. The third-order valence-corrected chi connectivity index (χ3v) is 4.71. The van der Waals surface area contributed by atoms with Crippen molar-refractivity contribution in [2.24, 2.45) is 0 Å². The van der Waals surface area contributed by atoms with E-state index in [0.717, 1.165) is 32.0 Å². The Morgan fingerprint density at radius 3 is 2.85 bits per heavy atom. The van der Waals surface area contributed by atoms with Crippen LogP contribution in [0.5, 0.6) is 0 Å². The molecule has 20 heavy (non-hydrogen) atoms. The maximum atomic E-state index is 6.01. The number of rotatable bonds is 3. The van der Waals surface area contributed by atoms with Gasteiger partial charge in [-0.05, 0) is 43.9 Å². The first-order valence-corrected chi connectivity index (χ1v) is 7.69. The minimum absolute atomic E-state index is 0.536. The Balaban J connectivity index is 1.70. The smallest absolute Gasteiger partial charge is 0.0594 e. The number of nitrogens with zero attached hydrogens (tertiary/aromatic N) is 1. The molecule has 110 valence electrons. The summed E-state index contributed by atoms with van der Waals surface area (Å²) in [7, 11) is 0. The van der Waals surface area contributed by atoms with Crippen LogP contribution in [0.15, 0.2) is 18.2 Å². The predicted molar refractivity (Wildman–Crippen MR) is 83.0 cm³/mol. The van der Waals surface area contributed by atoms with Gasteiger partial charge in [0.05, 0.1) is 13.2 Å². The van der Waals surface area contributed by atoms with Crippen LogP contribution in [0.25, 0.3) is 0 Å². The highest BCUT2D eigenvalue weighted by Crippen LogP contribution is 2.30. The van der Waals surface area contributed by atoms with Crippen LogP contribution in [0.1, 0.15) is 24.8 Å². The van der Waals surface area contributed by atoms with Crippen molar-refractivity contribution < 1.29 is 4.74 Å². The summed E-state index contributed by atoms with van der Waals surface area (Å²) >= 11 is 0. The van der Waals surface area contributed by atoms with Gasteiger partial charge in [-0.3, -0.25) is 4.90 Å². The van der Waals surface area contributed by atoms with Crippen LogP contribution < -0.4 is 11.1 Å². The minimum atomic E-state index is 0.536. The molecule has 1 heterocycles. The monoisotopic (exact) mass is 275 g/mol. The molecule has 4 nitrogen and oxygen atoms in total. The molecule has 1 aliphatic carbocycles. The fourth-order valence-electron chi connectivity index (χ4n) is 3.46. The van der Waals surface area contributed by atoms with Gasteiger partial charge in [0.15, 0.2) is 0 Å². The van der Waals surface area contributed by atoms with Crippen LogP contribution >= 0.6 is 0 Å². The molecule has 0 aromatic heterocycles. The summed E-state index contributed by atoms with van der Waals surface area (Å²) in [4.78, 5) is 2.59. The molecule has 1 aliphatic heterocycles. The molecule has 0 amide bonds. The number of morpholine rings is 1. The molecule has 0 radical (unpaired) electrons. The summed E-state index contributed by atoms with van der Waals surface area (Å²) in [5, 5.41) is 3.73. The van der Waals surface area contributed by atoms with Crippen molar-refractivity contribution in [3.8, 4) is 0 Å². The Bertz CT molecular complexity index is 457. The van der Waals surface area contributed by atoms with Crippen LogP contribution in [0.3, 0.4) is 0 Å². The standard InChI is InChI=1S/C16H25N3O/c1-12-13(17)4-2-5-14(12)18-15-6-3-7-16(15)19-8-10-20-11-9-19/h2,4-5,15-16,18H,3,6-11,17H2,1H3. The van der Waals surface area contributed by atoms with E-state index in [-0.39, 0.29) is 0 Å². The average Bonchev–Trinajstić information content (AvgIpc) is 2.93. The number of hydrogen-bond donors (Lipinski definition) is 2. The Hall–Kier alpha value is -1.26. The van der Waals surface area contributed by atoms with Gasteiger partial charge in [0.2, 0.25) is 0 Å². The van der Waals surface area contributed by atoms with Gasteiger partial charge >= 0.3 is 0 Å². The largest absolute Gasteiger partial charge is 0.398 e. The Labute approximate surface area is 121 Å². The van der Waals surface area contributed by atoms with E-state index < -0.39 is 0 Å². The van der Waals surface area contributed by atoms with Gasteiger partial charge in [0.25, 0.3) is 0 Å². The molecule has 4 heteroatoms. The molecule has 3 rings (SSSR count). The number of nitrogen functional groups attached to an aromatic ring is 1. The first-order valence-electron chi connectivity index (χ1n) is 7.69. The number of benzene rings is 1. The fourth-order valence-corrected chi connectivity index (χ4v) is 3.46. The molecule has 2 unspecified atom stereocenters. The molecular formula is C16H25N3O. The van der Waals surface area contributed by atoms with Crippen molar-refractivity contribution in [3.63, 3.8) is 0 Å². The normalized spacial score (nSPS) is 27.6. The molecule has 0 spiro atoms. The van der Waals surface area contributed by atoms with Gasteiger partial charge in [-0.1, -0.05) is 6.07 Å². The Morgan fingerprint density at radius 1 is 1.25 bits per heavy atom. The van der Waals surface area contributed by atoms with Crippen molar-refractivity contribution in [1.82, 2.24) is 4.90 Å². The zero-order valence-corrected chi connectivity index (χ0v) is 12.3. The SMILES string of the molecule is Cc1c(N)cccc1NC1CCCC1N1CCOCC1. The predicted octanol–water partition coefficient (Wildman–Crippen LogP) is 2.24. The lowest BCUT2D eigenvalue weighted by Gasteiger charge is -2.36. The van der Waals surface area contributed by atoms with Gasteiger partial charge in [-0.2, -0.15) is 0 Å². The second-order valence-corrected chi connectivity index (χ2v) is 5.92. The number of nitrogens with one attached hydrogen (secondary N) is 1. The van der Waals surface area contributed by atoms with E-state index in [9.17, 15) is 0 Å². The number of nitrogens with two attached hydrogens (primary N) is 1. The van der Waals surface area contributed by atoms with Crippen molar-refractivity contribution in [3.05, 3.63) is 23.8 Å². The van der Waals surface area contributed by atoms with Crippen LogP contribution in [0, 0.1) is 6.92 Å². The van der Waals surface area contributed by atoms with Crippen LogP contribution in [-0.2, 0) is 4.74 Å². The number of ether oxygens (including phenoxy) is 1. The van der Waals surface area contributed by atoms with Crippen molar-refractivity contribution >= 4 is 11.4 Å². The van der Waals surface area contributed by atoms with E-state index in [1.807, 2.05) is 12.1 Å². The quantitative estimate of drug-likeness (QED) is 0.831. The van der Waals surface area contributed by atoms with Gasteiger partial charge in [-0.15, -0.1) is 0 Å². The zero-order chi connectivity index (χ0) is 13.9. The van der Waals surface area contributed by atoms with E-state index in [4.69, 9.17) is 10.5 Å². The number of hydrogen-bond acceptors (Lipinski definition) is 4. The zero-order valence-electron chi connectivity index (χ0n) is 12.3. The van der Waals surface area contributed by atoms with Gasteiger partial charge in [-0.25, -0.2) is 0 Å². The second-order valence-electron chi connectivity index (χ2n) is 5.92. The topological polar surface area (TPSA) is 50.5 Å². The summed E-state index contributed by atoms with van der Waals surface area (Å²) in [5.74, 6) is 0. The van der Waals surface area contributed by atoms with E-state index in [1.54, 1.807) is 0 Å². The third kappa shape index (κ3) is 2.76. The molecule has 3 N–H and O–H groups in total. The van der Waals surface area contributed by atoms with E-state index in [1.165, 1.54) is 30.5 Å². The minimum Gasteiger partial charge on any atom is -0.398 e. The summed E-state index contributed by atoms with van der Waals surface area (Å²) in [6.45, 7) is 5.98. The summed E-state index contributed by atoms with van der Waals surface area (Å²) in [6.07, 6.45) is 3.84. The third-order valence-electron chi connectivity index (χ3n) is 4.71. The molecule has 1 saturated carbocycles. The molecule has 2 fully saturated rings. The Kier molecular flexibility index (Phi) is 4.13. The van der Waals surface area contributed by atoms with Crippen molar-refractivity contribution in [2.75, 3.05) is 37.4 Å². The highest BCUT2D eigenvalue weighted by Gasteiger charge is 2.32. The van der Waals surface area contributed by atoms with Gasteiger partial charge in [0, 0.05) is 36.5 Å². The van der Waals surface area contributed by atoms with E-state index in [0.29, 0.717) is 12.1 Å². The van der Waals surface area contributed by atoms with Gasteiger partial charge < -0.3 is 15.8 Å². The second kappa shape index (κ2) is 6.02. The molecule has 0 bridgehead atoms. The van der Waals surface area contributed by atoms with Gasteiger partial charge in [0.1, 0.15) is 0 Å². The van der Waals surface area contributed by atoms with Crippen LogP contribution in [0.2, 0.25) is 0 Å². The highest BCUT2D eigenvalue weighted by atomic mass is 16.5.